The van der Waals surface area contributed by atoms with Gasteiger partial charge >= 0.3 is 5.97 Å². The molecule has 12 heteroatoms. The van der Waals surface area contributed by atoms with Crippen LogP contribution in [0, 0.1) is 10.1 Å². The van der Waals surface area contributed by atoms with Crippen LogP contribution >= 0.6 is 11.3 Å². The van der Waals surface area contributed by atoms with Crippen molar-refractivity contribution in [2.45, 2.75) is 0 Å². The molecule has 33 heavy (non-hydrogen) atoms. The summed E-state index contributed by atoms with van der Waals surface area (Å²) in [5, 5.41) is 15.6. The van der Waals surface area contributed by atoms with Gasteiger partial charge in [-0.05, 0) is 30.3 Å². The Hall–Kier alpha value is -4.19. The van der Waals surface area contributed by atoms with E-state index < -0.39 is 23.4 Å². The molecule has 0 radical (unpaired) electrons. The molecule has 2 aromatic carbocycles. The standard InChI is InChI=1S/C21H19N3O8S/c1-29-13-5-6-14(16(9-13)24(27)28)22-19(25)10-32-21(26)15-11-33-20(23-15)12-4-7-17(30-2)18(8-12)31-3/h4-9,11H,10H2,1-3H3,(H,22,25). The lowest BCUT2D eigenvalue weighted by molar-refractivity contribution is -0.384. The van der Waals surface area contributed by atoms with Gasteiger partial charge in [-0.2, -0.15) is 0 Å². The fourth-order valence-corrected chi connectivity index (χ4v) is 3.54. The number of ether oxygens (including phenoxy) is 4. The number of anilines is 1. The van der Waals surface area contributed by atoms with Crippen LogP contribution in [0.1, 0.15) is 10.5 Å². The lowest BCUT2D eigenvalue weighted by atomic mass is 10.2. The molecule has 11 nitrogen and oxygen atoms in total. The third-order valence-corrected chi connectivity index (χ3v) is 5.25. The number of nitro benzene ring substituents is 1. The van der Waals surface area contributed by atoms with Crippen LogP contribution in [0.2, 0.25) is 0 Å². The largest absolute Gasteiger partial charge is 0.496 e. The molecule has 172 valence electrons. The van der Waals surface area contributed by atoms with E-state index in [9.17, 15) is 19.7 Å². The first-order valence-corrected chi connectivity index (χ1v) is 10.2. The number of methoxy groups -OCH3 is 3. The Labute approximate surface area is 192 Å². The SMILES string of the molecule is COc1ccc(NC(=O)COC(=O)c2csc(-c3ccc(OC)c(OC)c3)n2)c([N+](=O)[O-])c1. The molecular formula is C21H19N3O8S. The van der Waals surface area contributed by atoms with Crippen molar-refractivity contribution in [3.05, 3.63) is 57.6 Å². The molecule has 1 N–H and O–H groups in total. The van der Waals surface area contributed by atoms with E-state index in [0.717, 1.165) is 0 Å². The highest BCUT2D eigenvalue weighted by Crippen LogP contribution is 2.33. The summed E-state index contributed by atoms with van der Waals surface area (Å²) in [5.74, 6) is -0.219. The Morgan fingerprint density at radius 3 is 2.48 bits per heavy atom. The summed E-state index contributed by atoms with van der Waals surface area (Å²) in [6.45, 7) is -0.648. The molecule has 0 unspecified atom stereocenters. The van der Waals surface area contributed by atoms with Gasteiger partial charge in [0.1, 0.15) is 16.4 Å². The second kappa shape index (κ2) is 10.4. The molecular weight excluding hydrogens is 454 g/mol. The quantitative estimate of drug-likeness (QED) is 0.281. The maximum absolute atomic E-state index is 12.3. The van der Waals surface area contributed by atoms with Gasteiger partial charge < -0.3 is 24.3 Å². The molecule has 1 amide bonds. The topological polar surface area (TPSA) is 139 Å². The highest BCUT2D eigenvalue weighted by Gasteiger charge is 2.19. The van der Waals surface area contributed by atoms with Crippen molar-refractivity contribution >= 4 is 34.6 Å². The minimum atomic E-state index is -0.808. The van der Waals surface area contributed by atoms with Gasteiger partial charge in [-0.15, -0.1) is 11.3 Å². The lowest BCUT2D eigenvalue weighted by Gasteiger charge is -2.08. The van der Waals surface area contributed by atoms with Crippen LogP contribution in [0.25, 0.3) is 10.6 Å². The van der Waals surface area contributed by atoms with Crippen molar-refractivity contribution < 1.29 is 33.5 Å². The van der Waals surface area contributed by atoms with Crippen molar-refractivity contribution in [1.82, 2.24) is 4.98 Å². The minimum absolute atomic E-state index is 0.0213. The predicted octanol–water partition coefficient (Wildman–Crippen LogP) is 3.54. The number of nitrogens with zero attached hydrogens (tertiary/aromatic N) is 2. The molecule has 0 bridgehead atoms. The Morgan fingerprint density at radius 1 is 1.06 bits per heavy atom. The van der Waals surface area contributed by atoms with E-state index in [2.05, 4.69) is 10.3 Å². The molecule has 3 rings (SSSR count). The summed E-state index contributed by atoms with van der Waals surface area (Å²) in [5.41, 5.74) is 0.327. The number of carbonyl (C=O) groups excluding carboxylic acids is 2. The van der Waals surface area contributed by atoms with Gasteiger partial charge in [0.15, 0.2) is 23.8 Å². The summed E-state index contributed by atoms with van der Waals surface area (Å²) in [6, 6.07) is 9.17. The monoisotopic (exact) mass is 473 g/mol. The van der Waals surface area contributed by atoms with Crippen LogP contribution in [-0.2, 0) is 9.53 Å². The summed E-state index contributed by atoms with van der Waals surface area (Å²) < 4.78 is 20.4. The third-order valence-electron chi connectivity index (χ3n) is 4.35. The number of hydrogen-bond donors (Lipinski definition) is 1. The number of aromatic nitrogens is 1. The van der Waals surface area contributed by atoms with Gasteiger partial charge in [-0.25, -0.2) is 9.78 Å². The molecule has 0 aliphatic rings. The van der Waals surface area contributed by atoms with Crippen LogP contribution in [0.5, 0.6) is 17.2 Å². The van der Waals surface area contributed by atoms with Crippen LogP contribution in [0.15, 0.2) is 41.8 Å². The number of nitro groups is 1. The van der Waals surface area contributed by atoms with Crippen LogP contribution < -0.4 is 19.5 Å². The first-order chi connectivity index (χ1) is 15.9. The van der Waals surface area contributed by atoms with Crippen LogP contribution in [0.3, 0.4) is 0 Å². The summed E-state index contributed by atoms with van der Waals surface area (Å²) >= 11 is 1.21. The third kappa shape index (κ3) is 5.54. The summed E-state index contributed by atoms with van der Waals surface area (Å²) in [4.78, 5) is 39.2. The molecule has 0 aliphatic heterocycles. The van der Waals surface area contributed by atoms with Crippen LogP contribution in [-0.4, -0.2) is 49.7 Å². The van der Waals surface area contributed by atoms with Gasteiger partial charge in [-0.3, -0.25) is 14.9 Å². The number of thiazole rings is 1. The van der Waals surface area contributed by atoms with Gasteiger partial charge in [0.05, 0.1) is 32.3 Å². The van der Waals surface area contributed by atoms with E-state index >= 15 is 0 Å². The normalized spacial score (nSPS) is 10.3. The molecule has 1 heterocycles. The van der Waals surface area contributed by atoms with Crippen molar-refractivity contribution in [2.24, 2.45) is 0 Å². The fourth-order valence-electron chi connectivity index (χ4n) is 2.76. The zero-order chi connectivity index (χ0) is 24.0. The molecule has 3 aromatic rings. The number of benzene rings is 2. The second-order valence-corrected chi connectivity index (χ2v) is 7.23. The van der Waals surface area contributed by atoms with E-state index in [-0.39, 0.29) is 22.8 Å². The fraction of sp³-hybridized carbons (Fsp3) is 0.190. The minimum Gasteiger partial charge on any atom is -0.496 e. The Bertz CT molecular complexity index is 1190. The van der Waals surface area contributed by atoms with Gasteiger partial charge in [0.25, 0.3) is 11.6 Å². The average molecular weight is 473 g/mol. The average Bonchev–Trinajstić information content (AvgIpc) is 3.32. The zero-order valence-electron chi connectivity index (χ0n) is 17.8. The lowest BCUT2D eigenvalue weighted by Crippen LogP contribution is -2.21. The Kier molecular flexibility index (Phi) is 7.41. The molecule has 0 atom stereocenters. The second-order valence-electron chi connectivity index (χ2n) is 6.37. The van der Waals surface area contributed by atoms with Crippen molar-refractivity contribution in [3.63, 3.8) is 0 Å². The highest BCUT2D eigenvalue weighted by atomic mass is 32.1. The number of hydrogen-bond acceptors (Lipinski definition) is 10. The van der Waals surface area contributed by atoms with Crippen LogP contribution in [0.4, 0.5) is 11.4 Å². The Morgan fingerprint density at radius 2 is 1.82 bits per heavy atom. The number of rotatable bonds is 9. The van der Waals surface area contributed by atoms with Gasteiger partial charge in [0.2, 0.25) is 0 Å². The number of nitrogens with one attached hydrogen (secondary N) is 1. The number of carbonyl (C=O) groups is 2. The van der Waals surface area contributed by atoms with Crippen molar-refractivity contribution in [2.75, 3.05) is 33.3 Å². The van der Waals surface area contributed by atoms with E-state index in [0.29, 0.717) is 22.1 Å². The molecule has 0 saturated carbocycles. The molecule has 0 saturated heterocycles. The zero-order valence-corrected chi connectivity index (χ0v) is 18.6. The smallest absolute Gasteiger partial charge is 0.358 e. The van der Waals surface area contributed by atoms with E-state index in [1.807, 2.05) is 0 Å². The molecule has 1 aromatic heterocycles. The van der Waals surface area contributed by atoms with Crippen molar-refractivity contribution in [3.8, 4) is 27.8 Å². The van der Waals surface area contributed by atoms with E-state index in [1.165, 1.54) is 56.2 Å². The highest BCUT2D eigenvalue weighted by molar-refractivity contribution is 7.13. The van der Waals surface area contributed by atoms with Crippen molar-refractivity contribution in [1.29, 1.82) is 0 Å². The molecule has 0 fully saturated rings. The summed E-state index contributed by atoms with van der Waals surface area (Å²) in [7, 11) is 4.40. The first kappa shape index (κ1) is 23.5. The van der Waals surface area contributed by atoms with E-state index in [4.69, 9.17) is 18.9 Å². The number of esters is 1. The van der Waals surface area contributed by atoms with Gasteiger partial charge in [0, 0.05) is 10.9 Å². The van der Waals surface area contributed by atoms with Gasteiger partial charge in [-0.1, -0.05) is 0 Å². The number of amides is 1. The Balaban J connectivity index is 1.64. The summed E-state index contributed by atoms with van der Waals surface area (Å²) in [6.07, 6.45) is 0. The predicted molar refractivity (Wildman–Crippen MR) is 119 cm³/mol. The molecule has 0 aliphatic carbocycles. The molecule has 0 spiro atoms. The maximum Gasteiger partial charge on any atom is 0.358 e. The van der Waals surface area contributed by atoms with E-state index in [1.54, 1.807) is 18.2 Å². The maximum atomic E-state index is 12.3. The first-order valence-electron chi connectivity index (χ1n) is 9.33.